The molecule has 0 heterocycles. The van der Waals surface area contributed by atoms with E-state index in [1.807, 2.05) is 21.7 Å². The molecule has 0 unspecified atom stereocenters. The van der Waals surface area contributed by atoms with E-state index in [0.29, 0.717) is 5.56 Å². The van der Waals surface area contributed by atoms with Crippen LogP contribution in [-0.2, 0) is 0 Å². The van der Waals surface area contributed by atoms with Crippen LogP contribution in [0.3, 0.4) is 0 Å². The van der Waals surface area contributed by atoms with Crippen LogP contribution in [-0.4, -0.2) is 18.1 Å². The van der Waals surface area contributed by atoms with Gasteiger partial charge >= 0.3 is 0 Å². The van der Waals surface area contributed by atoms with Crippen molar-refractivity contribution in [2.24, 2.45) is 0 Å². The summed E-state index contributed by atoms with van der Waals surface area (Å²) in [6.07, 6.45) is -1.36. The molecule has 0 spiro atoms. The Hall–Kier alpha value is -0.795. The molecule has 0 aliphatic heterocycles. The van der Waals surface area contributed by atoms with Crippen LogP contribution >= 0.6 is 0 Å². The van der Waals surface area contributed by atoms with Crippen LogP contribution in [0.2, 0.25) is 0 Å². The molecular weight excluding hydrogens is 151 g/mol. The minimum Gasteiger partial charge on any atom is -0.364 e. The largest absolute Gasteiger partial charge is 0.364 e. The van der Waals surface area contributed by atoms with Crippen LogP contribution in [0.5, 0.6) is 0 Å². The van der Waals surface area contributed by atoms with Gasteiger partial charge in [-0.1, -0.05) is 28.7 Å². The van der Waals surface area contributed by atoms with Gasteiger partial charge in [0.05, 0.1) is 0 Å². The summed E-state index contributed by atoms with van der Waals surface area (Å²) in [6.45, 7) is 3.93. The van der Waals surface area contributed by atoms with Gasteiger partial charge in [0.2, 0.25) is 0 Å². The number of aliphatic hydroxyl groups excluding tert-OH is 1. The fraction of sp³-hybridized carbons (Fsp3) is 0.333. The van der Waals surface area contributed by atoms with Gasteiger partial charge in [0.15, 0.2) is 6.29 Å². The Labute approximate surface area is 73.3 Å². The zero-order valence-corrected chi connectivity index (χ0v) is 7.63. The van der Waals surface area contributed by atoms with Crippen molar-refractivity contribution in [3.63, 3.8) is 0 Å². The van der Waals surface area contributed by atoms with Gasteiger partial charge < -0.3 is 10.2 Å². The third-order valence-corrected chi connectivity index (χ3v) is 2.25. The Bertz CT molecular complexity index is 272. The maximum absolute atomic E-state index is 8.92. The molecule has 0 saturated carbocycles. The molecule has 0 aliphatic carbocycles. The smallest absolute Gasteiger partial charge is 0.178 e. The van der Waals surface area contributed by atoms with Crippen molar-refractivity contribution in [2.45, 2.75) is 20.1 Å². The van der Waals surface area contributed by atoms with Crippen LogP contribution in [0.1, 0.15) is 23.0 Å². The SMILES string of the molecule is Bc1c(C)cc(C(O)O)cc1C. The molecule has 0 aromatic heterocycles. The zero-order valence-electron chi connectivity index (χ0n) is 7.63. The molecule has 1 rings (SSSR count). The molecule has 3 heteroatoms. The van der Waals surface area contributed by atoms with Crippen LogP contribution in [0.25, 0.3) is 0 Å². The number of hydrogen-bond acceptors (Lipinski definition) is 2. The molecular formula is C9H13BO2. The highest BCUT2D eigenvalue weighted by Crippen LogP contribution is 2.12. The number of benzene rings is 1. The van der Waals surface area contributed by atoms with E-state index in [-0.39, 0.29) is 0 Å². The average molecular weight is 164 g/mol. The highest BCUT2D eigenvalue weighted by molar-refractivity contribution is 6.34. The number of aryl methyl sites for hydroxylation is 2. The second-order valence-electron chi connectivity index (χ2n) is 3.15. The molecule has 0 saturated heterocycles. The van der Waals surface area contributed by atoms with Gasteiger partial charge in [-0.2, -0.15) is 0 Å². The summed E-state index contributed by atoms with van der Waals surface area (Å²) in [7, 11) is 2.03. The molecule has 2 nitrogen and oxygen atoms in total. The molecule has 0 aliphatic rings. The van der Waals surface area contributed by atoms with Crippen molar-refractivity contribution in [3.05, 3.63) is 28.8 Å². The first kappa shape index (κ1) is 9.29. The van der Waals surface area contributed by atoms with Gasteiger partial charge in [-0.25, -0.2) is 0 Å². The Morgan fingerprint density at radius 3 is 1.92 bits per heavy atom. The van der Waals surface area contributed by atoms with Gasteiger partial charge in [0.1, 0.15) is 7.85 Å². The molecule has 1 aromatic carbocycles. The second-order valence-corrected chi connectivity index (χ2v) is 3.15. The van der Waals surface area contributed by atoms with Gasteiger partial charge in [-0.15, -0.1) is 0 Å². The van der Waals surface area contributed by atoms with Crippen LogP contribution < -0.4 is 5.46 Å². The third-order valence-electron chi connectivity index (χ3n) is 2.25. The lowest BCUT2D eigenvalue weighted by atomic mass is 9.85. The topological polar surface area (TPSA) is 40.5 Å². The minimum absolute atomic E-state index is 0.565. The van der Waals surface area contributed by atoms with Crippen molar-refractivity contribution in [1.29, 1.82) is 0 Å². The summed E-state index contributed by atoms with van der Waals surface area (Å²) in [5.41, 5.74) is 3.96. The normalized spacial score (nSPS) is 10.8. The van der Waals surface area contributed by atoms with Gasteiger partial charge in [0, 0.05) is 5.56 Å². The van der Waals surface area contributed by atoms with E-state index in [4.69, 9.17) is 10.2 Å². The third kappa shape index (κ3) is 1.68. The molecule has 0 atom stereocenters. The summed E-state index contributed by atoms with van der Waals surface area (Å²) < 4.78 is 0. The Kier molecular flexibility index (Phi) is 2.55. The van der Waals surface area contributed by atoms with E-state index in [1.165, 1.54) is 5.46 Å². The first-order chi connectivity index (χ1) is 5.52. The first-order valence-corrected chi connectivity index (χ1v) is 3.96. The van der Waals surface area contributed by atoms with Crippen molar-refractivity contribution in [1.82, 2.24) is 0 Å². The summed E-state index contributed by atoms with van der Waals surface area (Å²) in [6, 6.07) is 3.60. The monoisotopic (exact) mass is 164 g/mol. The average Bonchev–Trinajstić information content (AvgIpc) is 1.99. The van der Waals surface area contributed by atoms with E-state index in [9.17, 15) is 0 Å². The van der Waals surface area contributed by atoms with Crippen LogP contribution in [0.4, 0.5) is 0 Å². The maximum atomic E-state index is 8.92. The molecule has 1 aromatic rings. The van der Waals surface area contributed by atoms with E-state index in [2.05, 4.69) is 0 Å². The van der Waals surface area contributed by atoms with Crippen molar-refractivity contribution < 1.29 is 10.2 Å². The van der Waals surface area contributed by atoms with Crippen molar-refractivity contribution in [3.8, 4) is 0 Å². The minimum atomic E-state index is -1.36. The standard InChI is InChI=1S/C9H13BO2/c1-5-3-7(9(11)12)4-6(2)8(5)10/h3-4,9,11-12H,10H2,1-2H3. The van der Waals surface area contributed by atoms with E-state index in [1.54, 1.807) is 12.1 Å². The number of hydrogen-bond donors (Lipinski definition) is 2. The zero-order chi connectivity index (χ0) is 9.30. The summed E-state index contributed by atoms with van der Waals surface area (Å²) >= 11 is 0. The Morgan fingerprint density at radius 2 is 1.58 bits per heavy atom. The molecule has 0 amide bonds. The Balaban J connectivity index is 3.21. The highest BCUT2D eigenvalue weighted by atomic mass is 16.5. The predicted molar refractivity (Wildman–Crippen MR) is 51.3 cm³/mol. The molecule has 64 valence electrons. The quantitative estimate of drug-likeness (QED) is 0.435. The maximum Gasteiger partial charge on any atom is 0.178 e. The Morgan fingerprint density at radius 1 is 1.17 bits per heavy atom. The lowest BCUT2D eigenvalue weighted by molar-refractivity contribution is -0.0425. The molecule has 0 bridgehead atoms. The molecule has 0 fully saturated rings. The fourth-order valence-corrected chi connectivity index (χ4v) is 1.22. The first-order valence-electron chi connectivity index (χ1n) is 3.96. The molecule has 0 radical (unpaired) electrons. The number of aliphatic hydroxyl groups is 2. The van der Waals surface area contributed by atoms with Gasteiger partial charge in [-0.05, 0) is 13.8 Å². The van der Waals surface area contributed by atoms with E-state index >= 15 is 0 Å². The highest BCUT2D eigenvalue weighted by Gasteiger charge is 2.05. The summed E-state index contributed by atoms with van der Waals surface area (Å²) in [4.78, 5) is 0. The van der Waals surface area contributed by atoms with Crippen molar-refractivity contribution >= 4 is 13.3 Å². The van der Waals surface area contributed by atoms with Gasteiger partial charge in [-0.3, -0.25) is 0 Å². The lowest BCUT2D eigenvalue weighted by Crippen LogP contribution is -2.13. The van der Waals surface area contributed by atoms with Crippen LogP contribution in [0, 0.1) is 13.8 Å². The lowest BCUT2D eigenvalue weighted by Gasteiger charge is -2.10. The fourth-order valence-electron chi connectivity index (χ4n) is 1.22. The summed E-state index contributed by atoms with van der Waals surface area (Å²) in [5.74, 6) is 0. The predicted octanol–water partition coefficient (Wildman–Crippen LogP) is -0.455. The molecule has 12 heavy (non-hydrogen) atoms. The van der Waals surface area contributed by atoms with Crippen molar-refractivity contribution in [2.75, 3.05) is 0 Å². The van der Waals surface area contributed by atoms with Crippen LogP contribution in [0.15, 0.2) is 12.1 Å². The van der Waals surface area contributed by atoms with Gasteiger partial charge in [0.25, 0.3) is 0 Å². The summed E-state index contributed by atoms with van der Waals surface area (Å²) in [5, 5.41) is 17.8. The second kappa shape index (κ2) is 3.29. The van der Waals surface area contributed by atoms with E-state index in [0.717, 1.165) is 11.1 Å². The van der Waals surface area contributed by atoms with E-state index < -0.39 is 6.29 Å². The number of rotatable bonds is 1. The molecule has 2 N–H and O–H groups in total.